The Kier molecular flexibility index (Phi) is 2.56. The molecule has 2 fully saturated rings. The number of nitrogens with one attached hydrogen (secondary N) is 2. The molecule has 2 aromatic heterocycles. The summed E-state index contributed by atoms with van der Waals surface area (Å²) in [6.07, 6.45) is 4.85. The van der Waals surface area contributed by atoms with Gasteiger partial charge in [-0.2, -0.15) is 9.61 Å². The van der Waals surface area contributed by atoms with Crippen LogP contribution in [0, 0.1) is 0 Å². The third kappa shape index (κ3) is 1.81. The number of hydrogen-bond donors (Lipinski definition) is 2. The van der Waals surface area contributed by atoms with Gasteiger partial charge in [-0.25, -0.2) is 9.89 Å². The normalized spacial score (nSPS) is 28.9. The molecule has 7 heteroatoms. The highest BCUT2D eigenvalue weighted by Gasteiger charge is 2.35. The maximum absolute atomic E-state index is 11.6. The van der Waals surface area contributed by atoms with Gasteiger partial charge in [0.05, 0.1) is 0 Å². The van der Waals surface area contributed by atoms with Gasteiger partial charge in [-0.05, 0) is 37.8 Å². The fourth-order valence-electron chi connectivity index (χ4n) is 3.51. The zero-order valence-corrected chi connectivity index (χ0v) is 11.4. The number of nitrogens with zero attached hydrogens (tertiary/aromatic N) is 4. The summed E-state index contributed by atoms with van der Waals surface area (Å²) >= 11 is 0. The van der Waals surface area contributed by atoms with Crippen molar-refractivity contribution in [3.05, 3.63) is 22.6 Å². The minimum atomic E-state index is -0.291. The first-order chi connectivity index (χ1) is 9.70. The molecule has 7 nitrogen and oxygen atoms in total. The van der Waals surface area contributed by atoms with E-state index >= 15 is 0 Å². The maximum Gasteiger partial charge on any atom is 0.364 e. The summed E-state index contributed by atoms with van der Waals surface area (Å²) in [6.45, 7) is 0. The van der Waals surface area contributed by atoms with E-state index < -0.39 is 0 Å². The highest BCUT2D eigenvalue weighted by Crippen LogP contribution is 2.30. The third-order valence-electron chi connectivity index (χ3n) is 4.62. The summed E-state index contributed by atoms with van der Waals surface area (Å²) in [5, 5.41) is 14.4. The predicted molar refractivity (Wildman–Crippen MR) is 75.0 cm³/mol. The molecule has 0 spiro atoms. The molecule has 2 atom stereocenters. The molecule has 2 N–H and O–H groups in total. The topological polar surface area (TPSA) is 78.3 Å². The second kappa shape index (κ2) is 4.31. The first-order valence-electron chi connectivity index (χ1n) is 7.14. The summed E-state index contributed by atoms with van der Waals surface area (Å²) in [7, 11) is 2.06. The average molecular weight is 274 g/mol. The predicted octanol–water partition coefficient (Wildman–Crippen LogP) is 0.137. The zero-order chi connectivity index (χ0) is 13.7. The van der Waals surface area contributed by atoms with Crippen LogP contribution >= 0.6 is 0 Å². The zero-order valence-electron chi connectivity index (χ0n) is 11.4. The highest BCUT2D eigenvalue weighted by atomic mass is 16.2. The van der Waals surface area contributed by atoms with Gasteiger partial charge in [0.2, 0.25) is 0 Å². The molecule has 2 unspecified atom stereocenters. The Morgan fingerprint density at radius 1 is 1.30 bits per heavy atom. The molecular weight excluding hydrogens is 256 g/mol. The molecule has 0 amide bonds. The highest BCUT2D eigenvalue weighted by molar-refractivity contribution is 5.45. The molecule has 0 radical (unpaired) electrons. The van der Waals surface area contributed by atoms with Crippen LogP contribution in [0.25, 0.3) is 5.65 Å². The van der Waals surface area contributed by atoms with Crippen molar-refractivity contribution in [1.82, 2.24) is 25.1 Å². The maximum atomic E-state index is 11.6. The Labute approximate surface area is 116 Å². The van der Waals surface area contributed by atoms with Crippen LogP contribution in [0.15, 0.2) is 16.9 Å². The first kappa shape index (κ1) is 11.9. The van der Waals surface area contributed by atoms with E-state index in [1.165, 1.54) is 17.4 Å². The summed E-state index contributed by atoms with van der Waals surface area (Å²) in [6, 6.07) is 5.52. The Morgan fingerprint density at radius 2 is 2.05 bits per heavy atom. The van der Waals surface area contributed by atoms with Crippen molar-refractivity contribution in [2.45, 2.75) is 43.8 Å². The fraction of sp³-hybridized carbons (Fsp3) is 0.615. The molecule has 0 aromatic carbocycles. The van der Waals surface area contributed by atoms with Gasteiger partial charge in [0.15, 0.2) is 5.65 Å². The minimum absolute atomic E-state index is 0.291. The Morgan fingerprint density at radius 3 is 2.80 bits per heavy atom. The van der Waals surface area contributed by atoms with E-state index in [9.17, 15) is 4.79 Å². The molecule has 2 aliphatic rings. The number of aromatic amines is 1. The summed E-state index contributed by atoms with van der Waals surface area (Å²) in [5.41, 5.74) is 0.262. The lowest BCUT2D eigenvalue weighted by molar-refractivity contribution is 0.353. The largest absolute Gasteiger partial charge is 0.364 e. The molecule has 20 heavy (non-hydrogen) atoms. The van der Waals surface area contributed by atoms with E-state index in [1.807, 2.05) is 12.1 Å². The molecule has 4 heterocycles. The van der Waals surface area contributed by atoms with Crippen molar-refractivity contribution in [3.8, 4) is 0 Å². The van der Waals surface area contributed by atoms with Gasteiger partial charge in [-0.15, -0.1) is 5.10 Å². The van der Waals surface area contributed by atoms with E-state index in [0.29, 0.717) is 23.8 Å². The standard InChI is InChI=1S/C13H18N6O/c1-18(10-6-8-2-3-9(7-10)14-8)12-5-4-11-15-16-13(20)19(11)17-12/h4-5,8-10,14H,2-3,6-7H2,1H3,(H,16,20). The van der Waals surface area contributed by atoms with Crippen LogP contribution in [0.5, 0.6) is 0 Å². The fourth-order valence-corrected chi connectivity index (χ4v) is 3.51. The van der Waals surface area contributed by atoms with Crippen molar-refractivity contribution in [2.24, 2.45) is 0 Å². The number of fused-ring (bicyclic) bond motifs is 3. The van der Waals surface area contributed by atoms with Gasteiger partial charge in [-0.1, -0.05) is 0 Å². The third-order valence-corrected chi connectivity index (χ3v) is 4.62. The SMILES string of the molecule is CN(c1ccc2n[nH]c(=O)n2n1)C1CC2CCC(C1)N2. The van der Waals surface area contributed by atoms with E-state index in [2.05, 4.69) is 32.6 Å². The van der Waals surface area contributed by atoms with Crippen LogP contribution in [-0.2, 0) is 0 Å². The van der Waals surface area contributed by atoms with Crippen LogP contribution in [0.2, 0.25) is 0 Å². The van der Waals surface area contributed by atoms with Gasteiger partial charge in [0.1, 0.15) is 5.82 Å². The average Bonchev–Trinajstić information content (AvgIpc) is 3.01. The number of rotatable bonds is 2. The Balaban J connectivity index is 1.64. The molecular formula is C13H18N6O. The van der Waals surface area contributed by atoms with Crippen molar-refractivity contribution >= 4 is 11.5 Å². The van der Waals surface area contributed by atoms with Crippen LogP contribution in [0.3, 0.4) is 0 Å². The lowest BCUT2D eigenvalue weighted by atomic mass is 9.98. The van der Waals surface area contributed by atoms with Gasteiger partial charge in [0, 0.05) is 25.2 Å². The van der Waals surface area contributed by atoms with Gasteiger partial charge in [-0.3, -0.25) is 0 Å². The van der Waals surface area contributed by atoms with Crippen LogP contribution < -0.4 is 15.9 Å². The van der Waals surface area contributed by atoms with Crippen molar-refractivity contribution in [1.29, 1.82) is 0 Å². The van der Waals surface area contributed by atoms with Crippen molar-refractivity contribution in [2.75, 3.05) is 11.9 Å². The van der Waals surface area contributed by atoms with E-state index in [4.69, 9.17) is 0 Å². The molecule has 2 bridgehead atoms. The molecule has 2 aromatic rings. The monoisotopic (exact) mass is 274 g/mol. The van der Waals surface area contributed by atoms with E-state index in [1.54, 1.807) is 0 Å². The minimum Gasteiger partial charge on any atom is -0.355 e. The lowest BCUT2D eigenvalue weighted by Gasteiger charge is -2.36. The molecule has 2 aliphatic heterocycles. The smallest absolute Gasteiger partial charge is 0.355 e. The van der Waals surface area contributed by atoms with E-state index in [-0.39, 0.29) is 5.69 Å². The van der Waals surface area contributed by atoms with Gasteiger partial charge in [0.25, 0.3) is 0 Å². The number of hydrogen-bond acceptors (Lipinski definition) is 5. The number of anilines is 1. The first-order valence-corrected chi connectivity index (χ1v) is 7.14. The Bertz CT molecular complexity index is 679. The van der Waals surface area contributed by atoms with Crippen LogP contribution in [0.4, 0.5) is 5.82 Å². The van der Waals surface area contributed by atoms with Crippen molar-refractivity contribution < 1.29 is 0 Å². The second-order valence-corrected chi connectivity index (χ2v) is 5.86. The summed E-state index contributed by atoms with van der Waals surface area (Å²) in [4.78, 5) is 13.8. The number of aromatic nitrogens is 4. The number of H-pyrrole nitrogens is 1. The lowest BCUT2D eigenvalue weighted by Crippen LogP contribution is -2.47. The molecule has 0 aliphatic carbocycles. The second-order valence-electron chi connectivity index (χ2n) is 5.86. The molecule has 4 rings (SSSR count). The quantitative estimate of drug-likeness (QED) is 0.814. The number of piperidine rings is 1. The summed E-state index contributed by atoms with van der Waals surface area (Å²) < 4.78 is 1.32. The Hall–Kier alpha value is -1.89. The van der Waals surface area contributed by atoms with Crippen molar-refractivity contribution in [3.63, 3.8) is 0 Å². The van der Waals surface area contributed by atoms with E-state index in [0.717, 1.165) is 18.7 Å². The molecule has 106 valence electrons. The van der Waals surface area contributed by atoms with Crippen LogP contribution in [0.1, 0.15) is 25.7 Å². The molecule has 2 saturated heterocycles. The van der Waals surface area contributed by atoms with Crippen LogP contribution in [-0.4, -0.2) is 45.0 Å². The van der Waals surface area contributed by atoms with Gasteiger partial charge >= 0.3 is 5.69 Å². The summed E-state index contributed by atoms with van der Waals surface area (Å²) in [5.74, 6) is 0.826. The molecule has 0 saturated carbocycles. The van der Waals surface area contributed by atoms with Gasteiger partial charge < -0.3 is 10.2 Å².